The van der Waals surface area contributed by atoms with Crippen LogP contribution in [0.5, 0.6) is 0 Å². The molecule has 0 atom stereocenters. The highest BCUT2D eigenvalue weighted by Gasteiger charge is 2.30. The fourth-order valence-electron chi connectivity index (χ4n) is 1.79. The maximum Gasteiger partial charge on any atom is 0.305 e. The van der Waals surface area contributed by atoms with Crippen molar-refractivity contribution >= 4 is 11.6 Å². The molecule has 1 rings (SSSR count). The van der Waals surface area contributed by atoms with E-state index in [4.69, 9.17) is 5.26 Å². The highest BCUT2D eigenvalue weighted by molar-refractivity contribution is 5.95. The van der Waals surface area contributed by atoms with E-state index in [2.05, 4.69) is 0 Å². The Balaban J connectivity index is 3.31. The number of rotatable bonds is 5. The van der Waals surface area contributed by atoms with Crippen molar-refractivity contribution in [3.8, 4) is 6.07 Å². The van der Waals surface area contributed by atoms with Crippen LogP contribution in [0, 0.1) is 33.1 Å². The summed E-state index contributed by atoms with van der Waals surface area (Å²) in [5, 5.41) is 19.2. The molecule has 112 valence electrons. The molecule has 0 radical (unpaired) electrons. The first-order valence-electron chi connectivity index (χ1n) is 6.11. The zero-order chi connectivity index (χ0) is 16.2. The standard InChI is InChI=1S/C13H13F2N3O3/c1-8(2)17(7-3-6-16)13(19)11-9(14)4-5-10(12(11)15)18(20)21/h4-5,8H,3,7H2,1-2H3. The molecule has 0 aliphatic heterocycles. The molecule has 1 aromatic rings. The number of carbonyl (C=O) groups excluding carboxylic acids is 1. The van der Waals surface area contributed by atoms with Gasteiger partial charge in [-0.25, -0.2) is 4.39 Å². The normalized spacial score (nSPS) is 10.3. The van der Waals surface area contributed by atoms with Crippen molar-refractivity contribution in [3.05, 3.63) is 39.4 Å². The van der Waals surface area contributed by atoms with Crippen LogP contribution in [-0.2, 0) is 0 Å². The van der Waals surface area contributed by atoms with E-state index >= 15 is 0 Å². The van der Waals surface area contributed by atoms with Crippen molar-refractivity contribution in [1.82, 2.24) is 4.90 Å². The maximum atomic E-state index is 14.0. The maximum absolute atomic E-state index is 14.0. The molecule has 0 aliphatic rings. The summed E-state index contributed by atoms with van der Waals surface area (Å²) < 4.78 is 27.7. The molecule has 0 heterocycles. The molecule has 6 nitrogen and oxygen atoms in total. The van der Waals surface area contributed by atoms with Gasteiger partial charge in [0.15, 0.2) is 0 Å². The number of nitrogens with zero attached hydrogens (tertiary/aromatic N) is 3. The number of nitriles is 1. The third kappa shape index (κ3) is 3.51. The number of carbonyl (C=O) groups is 1. The largest absolute Gasteiger partial charge is 0.335 e. The minimum Gasteiger partial charge on any atom is -0.335 e. The number of halogens is 2. The molecule has 1 aromatic carbocycles. The van der Waals surface area contributed by atoms with E-state index in [1.807, 2.05) is 6.07 Å². The van der Waals surface area contributed by atoms with Crippen molar-refractivity contribution in [2.75, 3.05) is 6.54 Å². The molecule has 0 aliphatic carbocycles. The van der Waals surface area contributed by atoms with Gasteiger partial charge in [0, 0.05) is 18.7 Å². The van der Waals surface area contributed by atoms with Crippen LogP contribution >= 0.6 is 0 Å². The van der Waals surface area contributed by atoms with E-state index in [0.717, 1.165) is 4.90 Å². The Bertz CT molecular complexity index is 611. The lowest BCUT2D eigenvalue weighted by atomic mass is 10.1. The van der Waals surface area contributed by atoms with E-state index < -0.39 is 39.8 Å². The SMILES string of the molecule is CC(C)N(CCC#N)C(=O)c1c(F)ccc([N+](=O)[O-])c1F. The van der Waals surface area contributed by atoms with Gasteiger partial charge in [-0.1, -0.05) is 0 Å². The Morgan fingerprint density at radius 2 is 2.10 bits per heavy atom. The van der Waals surface area contributed by atoms with Crippen LogP contribution in [0.4, 0.5) is 14.5 Å². The van der Waals surface area contributed by atoms with Crippen molar-refractivity contribution in [2.45, 2.75) is 26.3 Å². The fourth-order valence-corrected chi connectivity index (χ4v) is 1.79. The second-order valence-corrected chi connectivity index (χ2v) is 4.51. The zero-order valence-corrected chi connectivity index (χ0v) is 11.5. The molecule has 0 fully saturated rings. The molecular formula is C13H13F2N3O3. The van der Waals surface area contributed by atoms with Crippen LogP contribution in [0.25, 0.3) is 0 Å². The Hall–Kier alpha value is -2.56. The second kappa shape index (κ2) is 6.74. The molecule has 0 N–H and O–H groups in total. The third-order valence-corrected chi connectivity index (χ3v) is 2.83. The lowest BCUT2D eigenvalue weighted by molar-refractivity contribution is -0.387. The average molecular weight is 297 g/mol. The molecule has 0 spiro atoms. The number of nitro benzene ring substituents is 1. The smallest absolute Gasteiger partial charge is 0.305 e. The van der Waals surface area contributed by atoms with Gasteiger partial charge in [-0.05, 0) is 19.9 Å². The fraction of sp³-hybridized carbons (Fsp3) is 0.385. The summed E-state index contributed by atoms with van der Waals surface area (Å²) in [6.07, 6.45) is -0.0118. The Labute approximate surface area is 119 Å². The van der Waals surface area contributed by atoms with Gasteiger partial charge in [-0.2, -0.15) is 9.65 Å². The summed E-state index contributed by atoms with van der Waals surface area (Å²) >= 11 is 0. The van der Waals surface area contributed by atoms with Gasteiger partial charge in [-0.15, -0.1) is 0 Å². The number of hydrogen-bond donors (Lipinski definition) is 0. The number of nitro groups is 1. The average Bonchev–Trinajstić information content (AvgIpc) is 2.38. The van der Waals surface area contributed by atoms with Crippen LogP contribution < -0.4 is 0 Å². The van der Waals surface area contributed by atoms with E-state index in [1.165, 1.54) is 0 Å². The quantitative estimate of drug-likeness (QED) is 0.617. The first-order valence-corrected chi connectivity index (χ1v) is 6.11. The Morgan fingerprint density at radius 3 is 2.57 bits per heavy atom. The number of benzene rings is 1. The predicted octanol–water partition coefficient (Wildman–Crippen LogP) is 2.64. The summed E-state index contributed by atoms with van der Waals surface area (Å²) in [6.45, 7) is 3.21. The summed E-state index contributed by atoms with van der Waals surface area (Å²) in [4.78, 5) is 22.9. The predicted molar refractivity (Wildman–Crippen MR) is 69.4 cm³/mol. The van der Waals surface area contributed by atoms with Gasteiger partial charge < -0.3 is 4.90 Å². The third-order valence-electron chi connectivity index (χ3n) is 2.83. The molecule has 21 heavy (non-hydrogen) atoms. The summed E-state index contributed by atoms with van der Waals surface area (Å²) in [6, 6.07) is 2.76. The van der Waals surface area contributed by atoms with Crippen LogP contribution in [0.1, 0.15) is 30.6 Å². The van der Waals surface area contributed by atoms with Gasteiger partial charge in [0.1, 0.15) is 11.4 Å². The van der Waals surface area contributed by atoms with Crippen LogP contribution in [0.15, 0.2) is 12.1 Å². The topological polar surface area (TPSA) is 87.2 Å². The van der Waals surface area contributed by atoms with E-state index in [0.29, 0.717) is 12.1 Å². The zero-order valence-electron chi connectivity index (χ0n) is 11.5. The highest BCUT2D eigenvalue weighted by Crippen LogP contribution is 2.25. The highest BCUT2D eigenvalue weighted by atomic mass is 19.1. The van der Waals surface area contributed by atoms with E-state index in [1.54, 1.807) is 13.8 Å². The lowest BCUT2D eigenvalue weighted by Crippen LogP contribution is -2.38. The van der Waals surface area contributed by atoms with Crippen LogP contribution in [0.2, 0.25) is 0 Å². The van der Waals surface area contributed by atoms with Gasteiger partial charge in [0.25, 0.3) is 5.91 Å². The molecule has 0 saturated heterocycles. The first-order chi connectivity index (χ1) is 9.81. The minimum absolute atomic E-state index is 0.0118. The van der Waals surface area contributed by atoms with Crippen molar-refractivity contribution in [1.29, 1.82) is 5.26 Å². The lowest BCUT2D eigenvalue weighted by Gasteiger charge is -2.26. The van der Waals surface area contributed by atoms with Crippen molar-refractivity contribution in [2.24, 2.45) is 0 Å². The summed E-state index contributed by atoms with van der Waals surface area (Å²) in [5.41, 5.74) is -1.94. The monoisotopic (exact) mass is 297 g/mol. The van der Waals surface area contributed by atoms with Gasteiger partial charge in [0.2, 0.25) is 5.82 Å². The van der Waals surface area contributed by atoms with E-state index in [-0.39, 0.29) is 13.0 Å². The molecule has 0 unspecified atom stereocenters. The van der Waals surface area contributed by atoms with Gasteiger partial charge in [0.05, 0.1) is 17.4 Å². The van der Waals surface area contributed by atoms with E-state index in [9.17, 15) is 23.7 Å². The summed E-state index contributed by atoms with van der Waals surface area (Å²) in [7, 11) is 0. The number of amides is 1. The Morgan fingerprint density at radius 1 is 1.48 bits per heavy atom. The van der Waals surface area contributed by atoms with Crippen molar-refractivity contribution in [3.63, 3.8) is 0 Å². The minimum atomic E-state index is -1.51. The molecule has 0 aromatic heterocycles. The number of hydrogen-bond acceptors (Lipinski definition) is 4. The molecule has 0 saturated carbocycles. The van der Waals surface area contributed by atoms with Crippen molar-refractivity contribution < 1.29 is 18.5 Å². The van der Waals surface area contributed by atoms with Crippen LogP contribution in [0.3, 0.4) is 0 Å². The molecular weight excluding hydrogens is 284 g/mol. The van der Waals surface area contributed by atoms with Gasteiger partial charge in [-0.3, -0.25) is 14.9 Å². The summed E-state index contributed by atoms with van der Waals surface area (Å²) in [5.74, 6) is -3.70. The Kier molecular flexibility index (Phi) is 5.30. The molecule has 8 heteroatoms. The molecule has 0 bridgehead atoms. The second-order valence-electron chi connectivity index (χ2n) is 4.51. The van der Waals surface area contributed by atoms with Crippen LogP contribution in [-0.4, -0.2) is 28.3 Å². The molecule has 1 amide bonds. The first kappa shape index (κ1) is 16.5. The van der Waals surface area contributed by atoms with Gasteiger partial charge >= 0.3 is 5.69 Å².